The molecule has 0 saturated heterocycles. The Bertz CT molecular complexity index is 38.3. The van der Waals surface area contributed by atoms with Crippen LogP contribution in [0, 0.1) is 0 Å². The first-order valence-corrected chi connectivity index (χ1v) is 0.928. The first-order chi connectivity index (χ1) is 1.73. The van der Waals surface area contributed by atoms with Crippen molar-refractivity contribution in [3.05, 3.63) is 0 Å². The van der Waals surface area contributed by atoms with Gasteiger partial charge in [-0.15, -0.1) is 0 Å². The smallest absolute Gasteiger partial charge is 1.00 e. The van der Waals surface area contributed by atoms with Crippen LogP contribution in [0.25, 0.3) is 0 Å². The van der Waals surface area contributed by atoms with E-state index in [4.69, 9.17) is 9.90 Å². The molecule has 0 atom stereocenters. The number of rotatable bonds is 0. The molecule has 0 rings (SSSR count). The zero-order valence-electron chi connectivity index (χ0n) is 4.07. The second-order valence-corrected chi connectivity index (χ2v) is 0.519. The fraction of sp³-hybridized carbons (Fsp3) is 0.500. The molecule has 0 saturated carbocycles. The molecule has 48 valence electrons. The quantitative estimate of drug-likeness (QED) is 0.427. The van der Waals surface area contributed by atoms with E-state index in [0.717, 1.165) is 6.92 Å². The monoisotopic (exact) mass is 206 g/mol. The Balaban J connectivity index is -0.00000000750. The van der Waals surface area contributed by atoms with Crippen LogP contribution in [-0.2, 0) is 37.5 Å². The van der Waals surface area contributed by atoms with Crippen LogP contribution >= 0.6 is 0 Å². The maximum atomic E-state index is 9.00. The summed E-state index contributed by atoms with van der Waals surface area (Å²) in [5.74, 6) is -0.833. The minimum absolute atomic E-state index is 0. The molecule has 0 amide bonds. The molecule has 2 nitrogen and oxygen atoms in total. The number of carbonyl (C=O) groups is 1. The van der Waals surface area contributed by atoms with Gasteiger partial charge in [-0.2, -0.15) is 0 Å². The fourth-order valence-corrected chi connectivity index (χ4v) is 0. The SMILES string of the molecule is CC(=O)O.[F-].[F-].[F-].[Y+3]. The molecule has 0 aromatic rings. The van der Waals surface area contributed by atoms with Crippen LogP contribution in [-0.4, -0.2) is 11.1 Å². The Morgan fingerprint density at radius 2 is 1.25 bits per heavy atom. The topological polar surface area (TPSA) is 37.3 Å². The van der Waals surface area contributed by atoms with E-state index in [1.54, 1.807) is 0 Å². The molecular formula is C2H4F3O2Y. The molecule has 0 aliphatic heterocycles. The van der Waals surface area contributed by atoms with Gasteiger partial charge >= 0.3 is 32.7 Å². The van der Waals surface area contributed by atoms with Gasteiger partial charge in [0.2, 0.25) is 0 Å². The first-order valence-electron chi connectivity index (χ1n) is 0.928. The number of halogens is 3. The van der Waals surface area contributed by atoms with Gasteiger partial charge in [-0.25, -0.2) is 0 Å². The summed E-state index contributed by atoms with van der Waals surface area (Å²) in [4.78, 5) is 9.00. The molecule has 6 heteroatoms. The molecule has 0 aliphatic carbocycles. The van der Waals surface area contributed by atoms with Crippen LogP contribution in [0.15, 0.2) is 0 Å². The number of hydrogen-bond acceptors (Lipinski definition) is 1. The van der Waals surface area contributed by atoms with E-state index < -0.39 is 5.97 Å². The van der Waals surface area contributed by atoms with Gasteiger partial charge in [-0.05, 0) is 0 Å². The molecule has 0 heterocycles. The number of carboxylic acids is 1. The summed E-state index contributed by atoms with van der Waals surface area (Å²) in [7, 11) is 0. The minimum Gasteiger partial charge on any atom is -1.00 e. The van der Waals surface area contributed by atoms with Crippen LogP contribution in [0.4, 0.5) is 0 Å². The van der Waals surface area contributed by atoms with E-state index >= 15 is 0 Å². The molecule has 1 N–H and O–H groups in total. The average Bonchev–Trinajstić information content (AvgIpc) is 0.811. The van der Waals surface area contributed by atoms with Gasteiger partial charge in [0.1, 0.15) is 0 Å². The summed E-state index contributed by atoms with van der Waals surface area (Å²) >= 11 is 0. The normalized spacial score (nSPS) is 3.12. The molecule has 0 spiro atoms. The predicted octanol–water partition coefficient (Wildman–Crippen LogP) is -8.90. The summed E-state index contributed by atoms with van der Waals surface area (Å²) in [6, 6.07) is 0. The molecule has 0 fully saturated rings. The van der Waals surface area contributed by atoms with Crippen LogP contribution < -0.4 is 14.1 Å². The van der Waals surface area contributed by atoms with Crippen LogP contribution in [0.3, 0.4) is 0 Å². The molecule has 0 unspecified atom stereocenters. The molecule has 0 aliphatic rings. The van der Waals surface area contributed by atoms with Crippen molar-refractivity contribution in [3.63, 3.8) is 0 Å². The molecule has 0 bridgehead atoms. The van der Waals surface area contributed by atoms with Crippen LogP contribution in [0.1, 0.15) is 6.92 Å². The van der Waals surface area contributed by atoms with Crippen molar-refractivity contribution in [2.24, 2.45) is 0 Å². The molecular weight excluding hydrogens is 202 g/mol. The average molecular weight is 206 g/mol. The van der Waals surface area contributed by atoms with E-state index in [2.05, 4.69) is 0 Å². The van der Waals surface area contributed by atoms with Crippen molar-refractivity contribution in [1.82, 2.24) is 0 Å². The fourth-order valence-electron chi connectivity index (χ4n) is 0. The van der Waals surface area contributed by atoms with Crippen molar-refractivity contribution < 1.29 is 56.7 Å². The maximum absolute atomic E-state index is 9.00. The Labute approximate surface area is 69.6 Å². The summed E-state index contributed by atoms with van der Waals surface area (Å²) in [6.07, 6.45) is 0. The third kappa shape index (κ3) is 1380. The standard InChI is InChI=1S/C2H4O2.3FH.Y/c1-2(3)4;;;;/h1H3,(H,3,4);3*1H;/q;;;;+3/p-3. The Morgan fingerprint density at radius 1 is 1.25 bits per heavy atom. The van der Waals surface area contributed by atoms with E-state index in [0.29, 0.717) is 0 Å². The van der Waals surface area contributed by atoms with Crippen LogP contribution in [0.2, 0.25) is 0 Å². The summed E-state index contributed by atoms with van der Waals surface area (Å²) in [5.41, 5.74) is 0. The second-order valence-electron chi connectivity index (χ2n) is 0.519. The van der Waals surface area contributed by atoms with E-state index in [1.165, 1.54) is 0 Å². The maximum Gasteiger partial charge on any atom is 3.00 e. The zero-order chi connectivity index (χ0) is 3.58. The van der Waals surface area contributed by atoms with Crippen LogP contribution in [0.5, 0.6) is 0 Å². The molecule has 0 radical (unpaired) electrons. The minimum atomic E-state index is -0.833. The van der Waals surface area contributed by atoms with E-state index in [1.807, 2.05) is 0 Å². The van der Waals surface area contributed by atoms with Crippen molar-refractivity contribution in [1.29, 1.82) is 0 Å². The van der Waals surface area contributed by atoms with Gasteiger partial charge in [-0.3, -0.25) is 4.79 Å². The number of aliphatic carboxylic acids is 1. The molecule has 8 heavy (non-hydrogen) atoms. The molecule has 0 aromatic carbocycles. The second kappa shape index (κ2) is 26.4. The predicted molar refractivity (Wildman–Crippen MR) is 13.3 cm³/mol. The van der Waals surface area contributed by atoms with Crippen molar-refractivity contribution in [2.45, 2.75) is 6.92 Å². The third-order valence-corrected chi connectivity index (χ3v) is 0. The van der Waals surface area contributed by atoms with E-state index in [-0.39, 0.29) is 46.8 Å². The first kappa shape index (κ1) is 40.1. The van der Waals surface area contributed by atoms with Gasteiger partial charge in [0.25, 0.3) is 5.97 Å². The largest absolute Gasteiger partial charge is 3.00 e. The number of carboxylic acid groups (broad SMARTS) is 1. The number of hydrogen-bond donors (Lipinski definition) is 1. The zero-order valence-corrected chi connectivity index (χ0v) is 6.91. The van der Waals surface area contributed by atoms with Gasteiger partial charge in [0.05, 0.1) is 0 Å². The summed E-state index contributed by atoms with van der Waals surface area (Å²) < 4.78 is 0. The Kier molecular flexibility index (Phi) is 132. The summed E-state index contributed by atoms with van der Waals surface area (Å²) in [6.45, 7) is 1.08. The van der Waals surface area contributed by atoms with Gasteiger partial charge in [-0.1, -0.05) is 0 Å². The van der Waals surface area contributed by atoms with E-state index in [9.17, 15) is 0 Å². The summed E-state index contributed by atoms with van der Waals surface area (Å²) in [5, 5.41) is 7.42. The van der Waals surface area contributed by atoms with Gasteiger partial charge in [0.15, 0.2) is 0 Å². The Morgan fingerprint density at radius 3 is 1.25 bits per heavy atom. The third-order valence-electron chi connectivity index (χ3n) is 0. The van der Waals surface area contributed by atoms with Crippen molar-refractivity contribution in [2.75, 3.05) is 0 Å². The van der Waals surface area contributed by atoms with Gasteiger partial charge in [0, 0.05) is 6.92 Å². The van der Waals surface area contributed by atoms with Gasteiger partial charge < -0.3 is 19.2 Å². The molecule has 0 aromatic heterocycles. The van der Waals surface area contributed by atoms with Crippen molar-refractivity contribution in [3.8, 4) is 0 Å². The van der Waals surface area contributed by atoms with Crippen molar-refractivity contribution >= 4 is 5.97 Å². The Hall–Kier alpha value is 0.364.